The van der Waals surface area contributed by atoms with Gasteiger partial charge in [0, 0.05) is 5.02 Å². The van der Waals surface area contributed by atoms with Gasteiger partial charge >= 0.3 is 0 Å². The van der Waals surface area contributed by atoms with E-state index in [0.29, 0.717) is 15.8 Å². The maximum absolute atomic E-state index is 12.6. The molecule has 0 unspecified atom stereocenters. The first-order valence-electron chi connectivity index (χ1n) is 6.74. The van der Waals surface area contributed by atoms with Crippen LogP contribution in [0.25, 0.3) is 6.08 Å². The van der Waals surface area contributed by atoms with Crippen LogP contribution in [0.15, 0.2) is 54.2 Å². The Morgan fingerprint density at radius 3 is 2.68 bits per heavy atom. The summed E-state index contributed by atoms with van der Waals surface area (Å²) in [6.45, 7) is 1.95. The fraction of sp³-hybridized carbons (Fsp3) is 0.0588. The highest BCUT2D eigenvalue weighted by Gasteiger charge is 2.32. The second kappa shape index (κ2) is 5.91. The van der Waals surface area contributed by atoms with Crippen molar-refractivity contribution in [2.24, 2.45) is 0 Å². The highest BCUT2D eigenvalue weighted by Crippen LogP contribution is 2.25. The average molecular weight is 329 g/mol. The number of hydrogen-bond acceptors (Lipinski definition) is 2. The molecule has 0 bridgehead atoms. The molecule has 0 aliphatic carbocycles. The predicted molar refractivity (Wildman–Crippen MR) is 93.8 cm³/mol. The Kier molecular flexibility index (Phi) is 3.96. The smallest absolute Gasteiger partial charge is 0.281 e. The highest BCUT2D eigenvalue weighted by molar-refractivity contribution is 7.80. The SMILES string of the molecule is Cc1ccccc1N1C(=O)/C(=C/c2cccc(Cl)c2)NC1=S. The molecule has 1 fully saturated rings. The van der Waals surface area contributed by atoms with Gasteiger partial charge in [0.15, 0.2) is 5.11 Å². The van der Waals surface area contributed by atoms with Gasteiger partial charge in [0.25, 0.3) is 5.91 Å². The lowest BCUT2D eigenvalue weighted by molar-refractivity contribution is -0.113. The number of carbonyl (C=O) groups excluding carboxylic acids is 1. The molecule has 1 aliphatic rings. The summed E-state index contributed by atoms with van der Waals surface area (Å²) in [5.74, 6) is -0.167. The minimum Gasteiger partial charge on any atom is -0.327 e. The molecule has 3 rings (SSSR count). The Morgan fingerprint density at radius 1 is 1.18 bits per heavy atom. The zero-order valence-electron chi connectivity index (χ0n) is 11.8. The van der Waals surface area contributed by atoms with Gasteiger partial charge in [0.2, 0.25) is 0 Å². The van der Waals surface area contributed by atoms with Gasteiger partial charge in [-0.15, -0.1) is 0 Å². The number of carbonyl (C=O) groups is 1. The van der Waals surface area contributed by atoms with Crippen LogP contribution in [0.1, 0.15) is 11.1 Å². The molecule has 0 saturated carbocycles. The number of hydrogen-bond donors (Lipinski definition) is 1. The van der Waals surface area contributed by atoms with Crippen LogP contribution in [0.3, 0.4) is 0 Å². The third-order valence-corrected chi connectivity index (χ3v) is 3.91. The van der Waals surface area contributed by atoms with Gasteiger partial charge < -0.3 is 5.32 Å². The number of nitrogens with zero attached hydrogens (tertiary/aromatic N) is 1. The van der Waals surface area contributed by atoms with E-state index in [9.17, 15) is 4.79 Å². The van der Waals surface area contributed by atoms with Crippen molar-refractivity contribution in [3.05, 3.63) is 70.4 Å². The van der Waals surface area contributed by atoms with Crippen molar-refractivity contribution >= 4 is 46.6 Å². The molecule has 0 atom stereocenters. The van der Waals surface area contributed by atoms with Crippen molar-refractivity contribution in [2.45, 2.75) is 6.92 Å². The second-order valence-corrected chi connectivity index (χ2v) is 5.79. The van der Waals surface area contributed by atoms with Gasteiger partial charge in [-0.3, -0.25) is 9.69 Å². The summed E-state index contributed by atoms with van der Waals surface area (Å²) >= 11 is 11.3. The van der Waals surface area contributed by atoms with E-state index in [-0.39, 0.29) is 5.91 Å². The Bertz CT molecular complexity index is 801. The van der Waals surface area contributed by atoms with E-state index < -0.39 is 0 Å². The molecule has 22 heavy (non-hydrogen) atoms. The van der Waals surface area contributed by atoms with Gasteiger partial charge in [-0.25, -0.2) is 0 Å². The quantitative estimate of drug-likeness (QED) is 0.670. The predicted octanol–water partition coefficient (Wildman–Crippen LogP) is 3.91. The van der Waals surface area contributed by atoms with Crippen LogP contribution < -0.4 is 10.2 Å². The molecule has 3 nitrogen and oxygen atoms in total. The van der Waals surface area contributed by atoms with E-state index in [1.807, 2.05) is 43.3 Å². The summed E-state index contributed by atoms with van der Waals surface area (Å²) in [4.78, 5) is 14.1. The van der Waals surface area contributed by atoms with E-state index in [1.54, 1.807) is 18.2 Å². The van der Waals surface area contributed by atoms with Gasteiger partial charge in [-0.05, 0) is 54.5 Å². The third-order valence-electron chi connectivity index (χ3n) is 3.39. The molecule has 1 amide bonds. The fourth-order valence-electron chi connectivity index (χ4n) is 2.33. The molecule has 1 saturated heterocycles. The number of para-hydroxylation sites is 1. The molecule has 110 valence electrons. The number of thiocarbonyl (C=S) groups is 1. The Balaban J connectivity index is 1.97. The first-order valence-corrected chi connectivity index (χ1v) is 7.53. The summed E-state index contributed by atoms with van der Waals surface area (Å²) in [7, 11) is 0. The molecular weight excluding hydrogens is 316 g/mol. The number of anilines is 1. The maximum Gasteiger partial charge on any atom is 0.281 e. The van der Waals surface area contributed by atoms with Crippen molar-refractivity contribution in [1.29, 1.82) is 0 Å². The van der Waals surface area contributed by atoms with E-state index in [4.69, 9.17) is 23.8 Å². The minimum atomic E-state index is -0.167. The normalized spacial score (nSPS) is 16.3. The van der Waals surface area contributed by atoms with Crippen molar-refractivity contribution in [2.75, 3.05) is 4.90 Å². The van der Waals surface area contributed by atoms with Gasteiger partial charge in [-0.2, -0.15) is 0 Å². The lowest BCUT2D eigenvalue weighted by Crippen LogP contribution is -2.30. The molecule has 0 radical (unpaired) electrons. The van der Waals surface area contributed by atoms with Crippen LogP contribution in [0.2, 0.25) is 5.02 Å². The van der Waals surface area contributed by atoms with E-state index >= 15 is 0 Å². The topological polar surface area (TPSA) is 32.3 Å². The van der Waals surface area contributed by atoms with Crippen LogP contribution in [-0.4, -0.2) is 11.0 Å². The number of aryl methyl sites for hydroxylation is 1. The average Bonchev–Trinajstić information content (AvgIpc) is 2.74. The van der Waals surface area contributed by atoms with Crippen molar-refractivity contribution in [3.8, 4) is 0 Å². The Hall–Kier alpha value is -2.17. The highest BCUT2D eigenvalue weighted by atomic mass is 35.5. The molecule has 5 heteroatoms. The zero-order valence-corrected chi connectivity index (χ0v) is 13.4. The van der Waals surface area contributed by atoms with Gasteiger partial charge in [0.1, 0.15) is 5.70 Å². The monoisotopic (exact) mass is 328 g/mol. The van der Waals surface area contributed by atoms with Gasteiger partial charge in [0.05, 0.1) is 5.69 Å². The lowest BCUT2D eigenvalue weighted by atomic mass is 10.1. The molecule has 2 aromatic rings. The van der Waals surface area contributed by atoms with Crippen LogP contribution in [-0.2, 0) is 4.79 Å². The number of amides is 1. The largest absolute Gasteiger partial charge is 0.327 e. The van der Waals surface area contributed by atoms with Crippen molar-refractivity contribution in [3.63, 3.8) is 0 Å². The molecule has 0 aromatic heterocycles. The third kappa shape index (κ3) is 2.75. The zero-order chi connectivity index (χ0) is 15.7. The summed E-state index contributed by atoms with van der Waals surface area (Å²) in [5, 5.41) is 3.98. The molecule has 0 spiro atoms. The summed E-state index contributed by atoms with van der Waals surface area (Å²) < 4.78 is 0. The standard InChI is InChI=1S/C17H13ClN2OS/c1-11-5-2-3-8-15(11)20-16(21)14(19-17(20)22)10-12-6-4-7-13(18)9-12/h2-10H,1H3,(H,19,22)/b14-10-. The Labute approximate surface area is 139 Å². The van der Waals surface area contributed by atoms with Crippen molar-refractivity contribution in [1.82, 2.24) is 5.32 Å². The first kappa shape index (κ1) is 14.8. The maximum atomic E-state index is 12.6. The van der Waals surface area contributed by atoms with Crippen LogP contribution in [0, 0.1) is 6.92 Å². The van der Waals surface area contributed by atoms with Gasteiger partial charge in [-0.1, -0.05) is 41.9 Å². The molecular formula is C17H13ClN2OS. The number of benzene rings is 2. The lowest BCUT2D eigenvalue weighted by Gasteiger charge is -2.16. The first-order chi connectivity index (χ1) is 10.6. The van der Waals surface area contributed by atoms with Crippen LogP contribution in [0.5, 0.6) is 0 Å². The number of nitrogens with one attached hydrogen (secondary N) is 1. The Morgan fingerprint density at radius 2 is 1.95 bits per heavy atom. The summed E-state index contributed by atoms with van der Waals surface area (Å²) in [5.41, 5.74) is 3.07. The van der Waals surface area contributed by atoms with E-state index in [2.05, 4.69) is 5.32 Å². The van der Waals surface area contributed by atoms with E-state index in [0.717, 1.165) is 16.8 Å². The summed E-state index contributed by atoms with van der Waals surface area (Å²) in [6.07, 6.45) is 1.75. The summed E-state index contributed by atoms with van der Waals surface area (Å²) in [6, 6.07) is 14.9. The van der Waals surface area contributed by atoms with Crippen LogP contribution in [0.4, 0.5) is 5.69 Å². The number of halogens is 1. The second-order valence-electron chi connectivity index (χ2n) is 4.97. The molecule has 2 aromatic carbocycles. The minimum absolute atomic E-state index is 0.167. The van der Waals surface area contributed by atoms with E-state index in [1.165, 1.54) is 4.90 Å². The molecule has 1 N–H and O–H groups in total. The fourth-order valence-corrected chi connectivity index (χ4v) is 2.82. The van der Waals surface area contributed by atoms with Crippen LogP contribution >= 0.6 is 23.8 Å². The van der Waals surface area contributed by atoms with Crippen molar-refractivity contribution < 1.29 is 4.79 Å². The molecule has 1 heterocycles. The molecule has 1 aliphatic heterocycles. The number of rotatable bonds is 2.